The number of fused-ring (bicyclic) bond motifs is 1. The molecule has 0 radical (unpaired) electrons. The van der Waals surface area contributed by atoms with Gasteiger partial charge in [0.2, 0.25) is 5.91 Å². The predicted molar refractivity (Wildman–Crippen MR) is 88.1 cm³/mol. The summed E-state index contributed by atoms with van der Waals surface area (Å²) in [7, 11) is 2.08. The van der Waals surface area contributed by atoms with Crippen molar-refractivity contribution in [1.82, 2.24) is 24.7 Å². The number of carbonyl (C=O) groups excluding carboxylic acids is 1. The number of rotatable bonds is 4. The molecule has 1 fully saturated rings. The first-order valence-corrected chi connectivity index (χ1v) is 7.75. The molecule has 1 aliphatic rings. The Hall–Kier alpha value is -2.25. The highest BCUT2D eigenvalue weighted by molar-refractivity contribution is 5.78. The van der Waals surface area contributed by atoms with Gasteiger partial charge in [0.05, 0.1) is 30.4 Å². The molecule has 1 saturated heterocycles. The van der Waals surface area contributed by atoms with Crippen LogP contribution in [0.2, 0.25) is 0 Å². The number of nitrogens with one attached hydrogen (secondary N) is 1. The molecule has 0 spiro atoms. The summed E-state index contributed by atoms with van der Waals surface area (Å²) >= 11 is 0. The van der Waals surface area contributed by atoms with Crippen LogP contribution < -0.4 is 10.9 Å². The minimum atomic E-state index is -0.143. The third-order valence-corrected chi connectivity index (χ3v) is 4.14. The summed E-state index contributed by atoms with van der Waals surface area (Å²) < 4.78 is 1.42. The lowest BCUT2D eigenvalue weighted by Crippen LogP contribution is -2.48. The summed E-state index contributed by atoms with van der Waals surface area (Å²) in [6.45, 7) is 4.23. The van der Waals surface area contributed by atoms with E-state index in [1.54, 1.807) is 12.1 Å². The van der Waals surface area contributed by atoms with Crippen LogP contribution in [0.3, 0.4) is 0 Å². The van der Waals surface area contributed by atoms with E-state index in [0.29, 0.717) is 17.4 Å². The number of benzene rings is 1. The molecule has 7 heteroatoms. The topological polar surface area (TPSA) is 70.5 Å². The average Bonchev–Trinajstić information content (AvgIpc) is 2.57. The molecular weight excluding hydrogens is 294 g/mol. The van der Waals surface area contributed by atoms with Crippen molar-refractivity contribution < 1.29 is 4.79 Å². The van der Waals surface area contributed by atoms with Gasteiger partial charge in [0.15, 0.2) is 0 Å². The molecule has 1 N–H and O–H groups in total. The van der Waals surface area contributed by atoms with Gasteiger partial charge in [-0.25, -0.2) is 4.98 Å². The van der Waals surface area contributed by atoms with E-state index in [2.05, 4.69) is 27.1 Å². The van der Waals surface area contributed by atoms with Crippen LogP contribution in [0.15, 0.2) is 35.4 Å². The second kappa shape index (κ2) is 6.89. The third kappa shape index (κ3) is 3.75. The number of aromatic nitrogens is 2. The number of likely N-dealkylation sites (N-methyl/N-ethyl adjacent to an activating group) is 1. The van der Waals surface area contributed by atoms with Gasteiger partial charge in [-0.15, -0.1) is 0 Å². The van der Waals surface area contributed by atoms with Gasteiger partial charge in [-0.05, 0) is 19.2 Å². The van der Waals surface area contributed by atoms with Gasteiger partial charge in [0.1, 0.15) is 0 Å². The zero-order chi connectivity index (χ0) is 16.2. The van der Waals surface area contributed by atoms with Crippen molar-refractivity contribution >= 4 is 16.8 Å². The monoisotopic (exact) mass is 315 g/mol. The quantitative estimate of drug-likeness (QED) is 0.840. The SMILES string of the molecule is CN1CCN(CC(=O)NCn2cnc3ccccc3c2=O)CC1. The van der Waals surface area contributed by atoms with Crippen molar-refractivity contribution in [1.29, 1.82) is 0 Å². The minimum absolute atomic E-state index is 0.0744. The number of para-hydroxylation sites is 1. The van der Waals surface area contributed by atoms with E-state index >= 15 is 0 Å². The van der Waals surface area contributed by atoms with E-state index in [9.17, 15) is 9.59 Å². The Bertz CT molecular complexity index is 749. The van der Waals surface area contributed by atoms with Crippen molar-refractivity contribution in [2.75, 3.05) is 39.8 Å². The molecule has 1 amide bonds. The summed E-state index contributed by atoms with van der Waals surface area (Å²) in [5, 5.41) is 3.35. The molecule has 0 aliphatic carbocycles. The summed E-state index contributed by atoms with van der Waals surface area (Å²) in [5.74, 6) is -0.0744. The molecule has 0 atom stereocenters. The van der Waals surface area contributed by atoms with E-state index in [4.69, 9.17) is 0 Å². The highest BCUT2D eigenvalue weighted by Crippen LogP contribution is 2.04. The Morgan fingerprint density at radius 1 is 1.22 bits per heavy atom. The molecule has 0 bridgehead atoms. The lowest BCUT2D eigenvalue weighted by Gasteiger charge is -2.31. The van der Waals surface area contributed by atoms with Crippen molar-refractivity contribution in [3.05, 3.63) is 40.9 Å². The molecule has 3 rings (SSSR count). The van der Waals surface area contributed by atoms with Crippen LogP contribution in [-0.2, 0) is 11.5 Å². The summed E-state index contributed by atoms with van der Waals surface area (Å²) in [6, 6.07) is 7.19. The molecule has 23 heavy (non-hydrogen) atoms. The first-order valence-electron chi connectivity index (χ1n) is 7.75. The number of piperazine rings is 1. The van der Waals surface area contributed by atoms with Crippen LogP contribution in [0.25, 0.3) is 10.9 Å². The van der Waals surface area contributed by atoms with E-state index in [0.717, 1.165) is 26.2 Å². The zero-order valence-electron chi connectivity index (χ0n) is 13.2. The number of nitrogens with zero attached hydrogens (tertiary/aromatic N) is 4. The van der Waals surface area contributed by atoms with Gasteiger partial charge in [-0.2, -0.15) is 0 Å². The third-order valence-electron chi connectivity index (χ3n) is 4.14. The van der Waals surface area contributed by atoms with Crippen LogP contribution in [0, 0.1) is 0 Å². The average molecular weight is 315 g/mol. The fraction of sp³-hybridized carbons (Fsp3) is 0.438. The molecule has 7 nitrogen and oxygen atoms in total. The van der Waals surface area contributed by atoms with E-state index in [1.807, 2.05) is 12.1 Å². The maximum atomic E-state index is 12.3. The Morgan fingerprint density at radius 2 is 1.96 bits per heavy atom. The molecule has 0 unspecified atom stereocenters. The van der Waals surface area contributed by atoms with Gasteiger partial charge in [0.25, 0.3) is 5.56 Å². The second-order valence-corrected chi connectivity index (χ2v) is 5.87. The van der Waals surface area contributed by atoms with Crippen LogP contribution >= 0.6 is 0 Å². The van der Waals surface area contributed by atoms with Crippen molar-refractivity contribution in [2.24, 2.45) is 0 Å². The smallest absolute Gasteiger partial charge is 0.262 e. The normalized spacial score (nSPS) is 16.6. The summed E-state index contributed by atoms with van der Waals surface area (Å²) in [4.78, 5) is 33.0. The second-order valence-electron chi connectivity index (χ2n) is 5.87. The highest BCUT2D eigenvalue weighted by Gasteiger charge is 2.16. The minimum Gasteiger partial charge on any atom is -0.337 e. The van der Waals surface area contributed by atoms with Crippen molar-refractivity contribution in [2.45, 2.75) is 6.67 Å². The Balaban J connectivity index is 1.59. The van der Waals surface area contributed by atoms with Crippen LogP contribution in [-0.4, -0.2) is 65.0 Å². The van der Waals surface area contributed by atoms with E-state index in [1.165, 1.54) is 10.9 Å². The maximum Gasteiger partial charge on any atom is 0.262 e. The van der Waals surface area contributed by atoms with Crippen LogP contribution in [0.1, 0.15) is 0 Å². The number of hydrogen-bond acceptors (Lipinski definition) is 5. The molecular formula is C16H21N5O2. The Labute approximate surface area is 134 Å². The Morgan fingerprint density at radius 3 is 2.74 bits per heavy atom. The van der Waals surface area contributed by atoms with Crippen LogP contribution in [0.4, 0.5) is 0 Å². The number of amides is 1. The van der Waals surface area contributed by atoms with Gasteiger partial charge < -0.3 is 10.2 Å². The first kappa shape index (κ1) is 15.6. The number of carbonyl (C=O) groups is 1. The lowest BCUT2D eigenvalue weighted by atomic mass is 10.2. The lowest BCUT2D eigenvalue weighted by molar-refractivity contribution is -0.123. The largest absolute Gasteiger partial charge is 0.337 e. The molecule has 1 aromatic heterocycles. The number of hydrogen-bond donors (Lipinski definition) is 1. The fourth-order valence-corrected chi connectivity index (χ4v) is 2.66. The van der Waals surface area contributed by atoms with Gasteiger partial charge in [-0.1, -0.05) is 12.1 Å². The van der Waals surface area contributed by atoms with Gasteiger partial charge >= 0.3 is 0 Å². The molecule has 2 aromatic rings. The summed E-state index contributed by atoms with van der Waals surface area (Å²) in [5.41, 5.74) is 0.521. The zero-order valence-corrected chi connectivity index (χ0v) is 13.2. The standard InChI is InChI=1S/C16H21N5O2/c1-19-6-8-20(9-7-19)10-15(22)18-12-21-11-17-14-5-3-2-4-13(14)16(21)23/h2-5,11H,6-10,12H2,1H3,(H,18,22). The molecule has 0 saturated carbocycles. The predicted octanol–water partition coefficient (Wildman–Crippen LogP) is -0.282. The molecule has 1 aliphatic heterocycles. The van der Waals surface area contributed by atoms with Crippen molar-refractivity contribution in [3.8, 4) is 0 Å². The van der Waals surface area contributed by atoms with Crippen molar-refractivity contribution in [3.63, 3.8) is 0 Å². The maximum absolute atomic E-state index is 12.3. The first-order chi connectivity index (χ1) is 11.1. The Kier molecular flexibility index (Phi) is 4.68. The molecule has 122 valence electrons. The van der Waals surface area contributed by atoms with Crippen LogP contribution in [0.5, 0.6) is 0 Å². The highest BCUT2D eigenvalue weighted by atomic mass is 16.2. The van der Waals surface area contributed by atoms with E-state index in [-0.39, 0.29) is 18.1 Å². The van der Waals surface area contributed by atoms with E-state index < -0.39 is 0 Å². The summed E-state index contributed by atoms with van der Waals surface area (Å²) in [6.07, 6.45) is 1.47. The molecule has 1 aromatic carbocycles. The van der Waals surface area contributed by atoms with Gasteiger partial charge in [-0.3, -0.25) is 19.1 Å². The van der Waals surface area contributed by atoms with Gasteiger partial charge in [0, 0.05) is 26.2 Å². The fourth-order valence-electron chi connectivity index (χ4n) is 2.66. The molecule has 2 heterocycles.